The lowest BCUT2D eigenvalue weighted by atomic mass is 10.1. The van der Waals surface area contributed by atoms with Gasteiger partial charge in [-0.3, -0.25) is 4.79 Å². The smallest absolute Gasteiger partial charge is 0.242 e. The van der Waals surface area contributed by atoms with E-state index in [-0.39, 0.29) is 5.91 Å². The summed E-state index contributed by atoms with van der Waals surface area (Å²) in [6.07, 6.45) is 5.95. The molecule has 3 rings (SSSR count). The summed E-state index contributed by atoms with van der Waals surface area (Å²) in [5, 5.41) is 0.510. The van der Waals surface area contributed by atoms with Crippen LogP contribution < -0.4 is 4.90 Å². The Morgan fingerprint density at radius 3 is 2.61 bits per heavy atom. The minimum absolute atomic E-state index is 0.206. The summed E-state index contributed by atoms with van der Waals surface area (Å²) < 4.78 is 0. The molecule has 23 heavy (non-hydrogen) atoms. The monoisotopic (exact) mass is 336 g/mol. The van der Waals surface area contributed by atoms with E-state index in [0.29, 0.717) is 23.4 Å². The number of hydrogen-bond acceptors (Lipinski definition) is 4. The lowest BCUT2D eigenvalue weighted by Gasteiger charge is -2.37. The number of piperazine rings is 1. The fourth-order valence-corrected chi connectivity index (χ4v) is 4.04. The number of rotatable bonds is 4. The summed E-state index contributed by atoms with van der Waals surface area (Å²) in [6.45, 7) is 6.80. The molecule has 1 amide bonds. The maximum Gasteiger partial charge on any atom is 0.242 e. The first kappa shape index (κ1) is 16.5. The summed E-state index contributed by atoms with van der Waals surface area (Å²) in [5.41, 5.74) is 0.939. The van der Waals surface area contributed by atoms with Crippen LogP contribution in [0.3, 0.4) is 0 Å². The number of nitrogens with zero attached hydrogens (tertiary/aromatic N) is 4. The summed E-state index contributed by atoms with van der Waals surface area (Å²) in [5.74, 6) is 2.40. The van der Waals surface area contributed by atoms with Crippen molar-refractivity contribution in [1.29, 1.82) is 0 Å². The van der Waals surface area contributed by atoms with E-state index in [2.05, 4.69) is 14.9 Å². The molecule has 0 spiro atoms. The number of amides is 1. The second-order valence-corrected chi connectivity index (χ2v) is 6.99. The summed E-state index contributed by atoms with van der Waals surface area (Å²) in [6, 6.07) is 0. The van der Waals surface area contributed by atoms with Crippen LogP contribution in [0.2, 0.25) is 5.15 Å². The van der Waals surface area contributed by atoms with Crippen molar-refractivity contribution in [3.63, 3.8) is 0 Å². The normalized spacial score (nSPS) is 19.7. The molecule has 0 unspecified atom stereocenters. The first-order valence-corrected chi connectivity index (χ1v) is 9.02. The van der Waals surface area contributed by atoms with Gasteiger partial charge in [0.2, 0.25) is 5.91 Å². The number of halogens is 1. The van der Waals surface area contributed by atoms with Crippen molar-refractivity contribution in [1.82, 2.24) is 14.9 Å². The molecule has 2 aliphatic rings. The standard InChI is InChI=1S/C17H25ClN4O/c1-3-14-16(18)19-12(2)20-17(14)22-9-8-21(15(23)11-22)10-13-6-4-5-7-13/h13H,3-11H2,1-2H3. The van der Waals surface area contributed by atoms with Gasteiger partial charge in [-0.1, -0.05) is 31.4 Å². The topological polar surface area (TPSA) is 49.3 Å². The molecule has 126 valence electrons. The third kappa shape index (κ3) is 3.60. The lowest BCUT2D eigenvalue weighted by Crippen LogP contribution is -2.52. The van der Waals surface area contributed by atoms with Crippen LogP contribution in [0.1, 0.15) is 44.0 Å². The first-order valence-electron chi connectivity index (χ1n) is 8.64. The molecule has 6 heteroatoms. The average Bonchev–Trinajstić information content (AvgIpc) is 3.01. The highest BCUT2D eigenvalue weighted by Gasteiger charge is 2.29. The van der Waals surface area contributed by atoms with Gasteiger partial charge in [0, 0.05) is 25.2 Å². The van der Waals surface area contributed by atoms with Crippen LogP contribution in [-0.2, 0) is 11.2 Å². The molecule has 1 aliphatic heterocycles. The zero-order chi connectivity index (χ0) is 16.4. The van der Waals surface area contributed by atoms with Gasteiger partial charge in [-0.25, -0.2) is 9.97 Å². The van der Waals surface area contributed by atoms with Gasteiger partial charge < -0.3 is 9.80 Å². The van der Waals surface area contributed by atoms with Crippen molar-refractivity contribution < 1.29 is 4.79 Å². The van der Waals surface area contributed by atoms with E-state index in [9.17, 15) is 4.79 Å². The SMILES string of the molecule is CCc1c(Cl)nc(C)nc1N1CCN(CC2CCCC2)C(=O)C1. The predicted molar refractivity (Wildman–Crippen MR) is 91.9 cm³/mol. The maximum atomic E-state index is 12.5. The van der Waals surface area contributed by atoms with E-state index in [4.69, 9.17) is 11.6 Å². The molecule has 5 nitrogen and oxygen atoms in total. The second kappa shape index (κ2) is 7.04. The second-order valence-electron chi connectivity index (χ2n) is 6.63. The zero-order valence-electron chi connectivity index (χ0n) is 14.0. The van der Waals surface area contributed by atoms with Crippen molar-refractivity contribution in [2.45, 2.75) is 46.0 Å². The fourth-order valence-electron chi connectivity index (χ4n) is 3.70. The van der Waals surface area contributed by atoms with Gasteiger partial charge in [-0.15, -0.1) is 0 Å². The maximum absolute atomic E-state index is 12.5. The molecule has 2 fully saturated rings. The van der Waals surface area contributed by atoms with Crippen LogP contribution in [0.15, 0.2) is 0 Å². The fraction of sp³-hybridized carbons (Fsp3) is 0.706. The molecule has 1 saturated heterocycles. The van der Waals surface area contributed by atoms with Crippen molar-refractivity contribution in [3.05, 3.63) is 16.5 Å². The van der Waals surface area contributed by atoms with Crippen LogP contribution in [0.5, 0.6) is 0 Å². The molecule has 1 aliphatic carbocycles. The Bertz CT molecular complexity index is 586. The molecule has 0 aromatic carbocycles. The number of hydrogen-bond donors (Lipinski definition) is 0. The average molecular weight is 337 g/mol. The van der Waals surface area contributed by atoms with E-state index in [1.54, 1.807) is 0 Å². The highest BCUT2D eigenvalue weighted by atomic mass is 35.5. The largest absolute Gasteiger partial charge is 0.345 e. The Labute approximate surface area is 143 Å². The number of aryl methyl sites for hydroxylation is 1. The molecule has 1 aromatic heterocycles. The van der Waals surface area contributed by atoms with Crippen molar-refractivity contribution in [2.75, 3.05) is 31.1 Å². The first-order chi connectivity index (χ1) is 11.1. The molecule has 0 atom stereocenters. The quantitative estimate of drug-likeness (QED) is 0.793. The molecule has 0 bridgehead atoms. The molecule has 1 aromatic rings. The van der Waals surface area contributed by atoms with Gasteiger partial charge in [0.1, 0.15) is 16.8 Å². The van der Waals surface area contributed by atoms with Crippen LogP contribution in [-0.4, -0.2) is 47.0 Å². The van der Waals surface area contributed by atoms with E-state index in [0.717, 1.165) is 37.4 Å². The van der Waals surface area contributed by atoms with Gasteiger partial charge in [-0.2, -0.15) is 0 Å². The number of carbonyl (C=O) groups is 1. The van der Waals surface area contributed by atoms with Crippen LogP contribution in [0.25, 0.3) is 0 Å². The van der Waals surface area contributed by atoms with E-state index in [1.165, 1.54) is 25.7 Å². The Morgan fingerprint density at radius 2 is 1.96 bits per heavy atom. The highest BCUT2D eigenvalue weighted by molar-refractivity contribution is 6.30. The minimum Gasteiger partial charge on any atom is -0.345 e. The van der Waals surface area contributed by atoms with Gasteiger partial charge in [0.05, 0.1) is 6.54 Å². The molecule has 0 N–H and O–H groups in total. The number of anilines is 1. The molecule has 2 heterocycles. The van der Waals surface area contributed by atoms with Crippen LogP contribution >= 0.6 is 11.6 Å². The summed E-state index contributed by atoms with van der Waals surface area (Å²) >= 11 is 6.26. The Kier molecular flexibility index (Phi) is 5.05. The predicted octanol–water partition coefficient (Wildman–Crippen LogP) is 2.84. The van der Waals surface area contributed by atoms with Crippen LogP contribution in [0.4, 0.5) is 5.82 Å². The van der Waals surface area contributed by atoms with Gasteiger partial charge >= 0.3 is 0 Å². The van der Waals surface area contributed by atoms with Crippen LogP contribution in [0, 0.1) is 12.8 Å². The zero-order valence-corrected chi connectivity index (χ0v) is 14.8. The molecular weight excluding hydrogens is 312 g/mol. The van der Waals surface area contributed by atoms with E-state index < -0.39 is 0 Å². The number of aromatic nitrogens is 2. The summed E-state index contributed by atoms with van der Waals surface area (Å²) in [7, 11) is 0. The third-order valence-corrected chi connectivity index (χ3v) is 5.28. The molecule has 0 radical (unpaired) electrons. The third-order valence-electron chi connectivity index (χ3n) is 4.97. The van der Waals surface area contributed by atoms with Crippen molar-refractivity contribution >= 4 is 23.3 Å². The molecular formula is C17H25ClN4O. The highest BCUT2D eigenvalue weighted by Crippen LogP contribution is 2.28. The van der Waals surface area contributed by atoms with E-state index in [1.807, 2.05) is 18.7 Å². The Balaban J connectivity index is 1.71. The number of carbonyl (C=O) groups excluding carboxylic acids is 1. The van der Waals surface area contributed by atoms with Crippen molar-refractivity contribution in [2.24, 2.45) is 5.92 Å². The van der Waals surface area contributed by atoms with E-state index >= 15 is 0 Å². The lowest BCUT2D eigenvalue weighted by molar-refractivity contribution is -0.131. The summed E-state index contributed by atoms with van der Waals surface area (Å²) in [4.78, 5) is 25.4. The van der Waals surface area contributed by atoms with Crippen molar-refractivity contribution in [3.8, 4) is 0 Å². The Hall–Kier alpha value is -1.36. The van der Waals surface area contributed by atoms with Gasteiger partial charge in [-0.05, 0) is 32.1 Å². The van der Waals surface area contributed by atoms with Gasteiger partial charge in [0.15, 0.2) is 0 Å². The molecule has 1 saturated carbocycles. The minimum atomic E-state index is 0.206. The van der Waals surface area contributed by atoms with Gasteiger partial charge in [0.25, 0.3) is 0 Å². The Morgan fingerprint density at radius 1 is 1.22 bits per heavy atom.